The lowest BCUT2D eigenvalue weighted by Crippen LogP contribution is -2.12. The first-order valence-corrected chi connectivity index (χ1v) is 10.3. The summed E-state index contributed by atoms with van der Waals surface area (Å²) in [5.74, 6) is 1.83. The summed E-state index contributed by atoms with van der Waals surface area (Å²) in [7, 11) is 4.16. The molecule has 2 heterocycles. The molecule has 0 fully saturated rings. The minimum atomic E-state index is -0.0121. The number of hydrogen-bond donors (Lipinski definition) is 1. The van der Waals surface area contributed by atoms with Crippen LogP contribution in [0, 0.1) is 0 Å². The van der Waals surface area contributed by atoms with Crippen LogP contribution in [0.2, 0.25) is 0 Å². The third-order valence-electron chi connectivity index (χ3n) is 4.67. The molecule has 0 amide bonds. The summed E-state index contributed by atoms with van der Waals surface area (Å²) in [4.78, 5) is 7.00. The van der Waals surface area contributed by atoms with Crippen LogP contribution in [0.5, 0.6) is 5.88 Å². The molecule has 156 valence electrons. The molecule has 0 aliphatic heterocycles. The molecule has 1 aromatic carbocycles. The summed E-state index contributed by atoms with van der Waals surface area (Å²) in [6.07, 6.45) is 3.03. The highest BCUT2D eigenvalue weighted by Crippen LogP contribution is 2.29. The van der Waals surface area contributed by atoms with Gasteiger partial charge in [-0.1, -0.05) is 37.6 Å². The van der Waals surface area contributed by atoms with E-state index >= 15 is 0 Å². The van der Waals surface area contributed by atoms with Crippen LogP contribution in [0.4, 0.5) is 5.82 Å². The molecule has 0 saturated heterocycles. The van der Waals surface area contributed by atoms with Gasteiger partial charge < -0.3 is 19.9 Å². The van der Waals surface area contributed by atoms with Gasteiger partial charge in [0.2, 0.25) is 0 Å². The molecule has 0 bridgehead atoms. The third kappa shape index (κ3) is 5.03. The summed E-state index contributed by atoms with van der Waals surface area (Å²) in [5, 5.41) is 8.30. The van der Waals surface area contributed by atoms with Crippen molar-refractivity contribution in [2.45, 2.75) is 59.2 Å². The molecule has 7 nitrogen and oxygen atoms in total. The second kappa shape index (κ2) is 9.22. The highest BCUT2D eigenvalue weighted by atomic mass is 16.5. The second-order valence-electron chi connectivity index (χ2n) is 8.03. The van der Waals surface area contributed by atoms with Crippen molar-refractivity contribution in [3.05, 3.63) is 41.2 Å². The Morgan fingerprint density at radius 3 is 2.62 bits per heavy atom. The Balaban J connectivity index is 2.09. The molecule has 0 aliphatic carbocycles. The number of rotatable bonds is 9. The van der Waals surface area contributed by atoms with Gasteiger partial charge in [-0.25, -0.2) is 4.98 Å². The van der Waals surface area contributed by atoms with E-state index in [0.29, 0.717) is 23.8 Å². The quantitative estimate of drug-likeness (QED) is 0.594. The van der Waals surface area contributed by atoms with Gasteiger partial charge in [0, 0.05) is 19.5 Å². The number of aromatic nitrogens is 4. The molecule has 0 spiro atoms. The Labute approximate surface area is 172 Å². The largest absolute Gasteiger partial charge is 0.472 e. The monoisotopic (exact) mass is 396 g/mol. The number of anilines is 1. The topological polar surface area (TPSA) is 82.1 Å². The first kappa shape index (κ1) is 21.0. The SMILES string of the molecule is CCCCc1nc2c(N)nnc(OC(C)C)c2n1Cc1cccc(CN(C)C)c1. The maximum Gasteiger partial charge on any atom is 0.260 e. The van der Waals surface area contributed by atoms with E-state index < -0.39 is 0 Å². The molecule has 3 aromatic rings. The minimum absolute atomic E-state index is 0.0121. The zero-order chi connectivity index (χ0) is 21.0. The number of unbranched alkanes of at least 4 members (excludes halogenated alkanes) is 1. The fourth-order valence-electron chi connectivity index (χ4n) is 3.46. The van der Waals surface area contributed by atoms with Gasteiger partial charge in [-0.05, 0) is 45.5 Å². The number of imidazole rings is 1. The molecule has 7 heteroatoms. The average Bonchev–Trinajstić information content (AvgIpc) is 3.01. The van der Waals surface area contributed by atoms with Crippen molar-refractivity contribution in [1.82, 2.24) is 24.6 Å². The standard InChI is InChI=1S/C22H32N6O/c1-6-7-11-18-24-19-20(22(29-15(2)3)26-25-21(19)23)28(18)14-17-10-8-9-16(12-17)13-27(4)5/h8-10,12,15H,6-7,11,13-14H2,1-5H3,(H2,23,25). The van der Waals surface area contributed by atoms with Gasteiger partial charge in [-0.2, -0.15) is 0 Å². The lowest BCUT2D eigenvalue weighted by atomic mass is 10.1. The second-order valence-corrected chi connectivity index (χ2v) is 8.03. The first-order chi connectivity index (χ1) is 13.9. The number of hydrogen-bond acceptors (Lipinski definition) is 6. The number of nitrogens with two attached hydrogens (primary N) is 1. The van der Waals surface area contributed by atoms with Gasteiger partial charge in [0.25, 0.3) is 5.88 Å². The van der Waals surface area contributed by atoms with Crippen molar-refractivity contribution in [3.63, 3.8) is 0 Å². The smallest absolute Gasteiger partial charge is 0.260 e. The number of fused-ring (bicyclic) bond motifs is 1. The van der Waals surface area contributed by atoms with Crippen LogP contribution in [-0.4, -0.2) is 44.8 Å². The molecule has 2 aromatic heterocycles. The normalized spacial score (nSPS) is 11.7. The molecule has 0 radical (unpaired) electrons. The van der Waals surface area contributed by atoms with Crippen molar-refractivity contribution in [1.29, 1.82) is 0 Å². The van der Waals surface area contributed by atoms with E-state index in [-0.39, 0.29) is 6.10 Å². The first-order valence-electron chi connectivity index (χ1n) is 10.3. The van der Waals surface area contributed by atoms with Crippen molar-refractivity contribution in [2.24, 2.45) is 0 Å². The van der Waals surface area contributed by atoms with Crippen LogP contribution >= 0.6 is 0 Å². The van der Waals surface area contributed by atoms with Gasteiger partial charge in [0.1, 0.15) is 16.9 Å². The average molecular weight is 397 g/mol. The maximum atomic E-state index is 6.13. The summed E-state index contributed by atoms with van der Waals surface area (Å²) in [6.45, 7) is 7.74. The van der Waals surface area contributed by atoms with Crippen LogP contribution in [-0.2, 0) is 19.5 Å². The van der Waals surface area contributed by atoms with Crippen molar-refractivity contribution in [2.75, 3.05) is 19.8 Å². The summed E-state index contributed by atoms with van der Waals surface area (Å²) in [6, 6.07) is 8.66. The van der Waals surface area contributed by atoms with E-state index in [2.05, 4.69) is 64.9 Å². The van der Waals surface area contributed by atoms with E-state index in [9.17, 15) is 0 Å². The van der Waals surface area contributed by atoms with E-state index in [4.69, 9.17) is 15.5 Å². The summed E-state index contributed by atoms with van der Waals surface area (Å²) < 4.78 is 8.16. The molecule has 29 heavy (non-hydrogen) atoms. The number of benzene rings is 1. The van der Waals surface area contributed by atoms with Gasteiger partial charge in [-0.3, -0.25) is 0 Å². The predicted molar refractivity (Wildman–Crippen MR) is 117 cm³/mol. The van der Waals surface area contributed by atoms with E-state index in [1.54, 1.807) is 0 Å². The Hall–Kier alpha value is -2.67. The van der Waals surface area contributed by atoms with Gasteiger partial charge >= 0.3 is 0 Å². The Morgan fingerprint density at radius 1 is 1.17 bits per heavy atom. The lowest BCUT2D eigenvalue weighted by molar-refractivity contribution is 0.232. The van der Waals surface area contributed by atoms with E-state index in [1.165, 1.54) is 11.1 Å². The van der Waals surface area contributed by atoms with Gasteiger partial charge in [0.15, 0.2) is 5.82 Å². The molecule has 2 N–H and O–H groups in total. The summed E-state index contributed by atoms with van der Waals surface area (Å²) >= 11 is 0. The maximum absolute atomic E-state index is 6.13. The van der Waals surface area contributed by atoms with Crippen LogP contribution in [0.25, 0.3) is 11.0 Å². The third-order valence-corrected chi connectivity index (χ3v) is 4.67. The number of aryl methyl sites for hydroxylation is 1. The van der Waals surface area contributed by atoms with Crippen molar-refractivity contribution < 1.29 is 4.74 Å². The number of ether oxygens (including phenoxy) is 1. The van der Waals surface area contributed by atoms with Gasteiger partial charge in [0.05, 0.1) is 6.10 Å². The Kier molecular flexibility index (Phi) is 6.69. The number of nitrogens with zero attached hydrogens (tertiary/aromatic N) is 5. The van der Waals surface area contributed by atoms with Crippen LogP contribution in [0.15, 0.2) is 24.3 Å². The zero-order valence-electron chi connectivity index (χ0n) is 18.1. The number of nitrogen functional groups attached to an aromatic ring is 1. The Bertz CT molecular complexity index is 963. The fourth-order valence-corrected chi connectivity index (χ4v) is 3.46. The lowest BCUT2D eigenvalue weighted by Gasteiger charge is -2.15. The van der Waals surface area contributed by atoms with Crippen LogP contribution < -0.4 is 10.5 Å². The Morgan fingerprint density at radius 2 is 1.93 bits per heavy atom. The molecular weight excluding hydrogens is 364 g/mol. The molecular formula is C22H32N6O. The van der Waals surface area contributed by atoms with Crippen molar-refractivity contribution in [3.8, 4) is 5.88 Å². The molecule has 0 aliphatic rings. The highest BCUT2D eigenvalue weighted by molar-refractivity contribution is 5.88. The molecule has 0 atom stereocenters. The highest BCUT2D eigenvalue weighted by Gasteiger charge is 2.20. The summed E-state index contributed by atoms with van der Waals surface area (Å²) in [5.41, 5.74) is 10.1. The molecule has 0 unspecified atom stereocenters. The van der Waals surface area contributed by atoms with Crippen LogP contribution in [0.1, 0.15) is 50.6 Å². The fraction of sp³-hybridized carbons (Fsp3) is 0.500. The predicted octanol–water partition coefficient (Wildman–Crippen LogP) is 3.65. The van der Waals surface area contributed by atoms with E-state index in [1.807, 2.05) is 13.8 Å². The van der Waals surface area contributed by atoms with Crippen LogP contribution in [0.3, 0.4) is 0 Å². The molecule has 0 saturated carbocycles. The molecule has 3 rings (SSSR count). The van der Waals surface area contributed by atoms with E-state index in [0.717, 1.165) is 37.1 Å². The van der Waals surface area contributed by atoms with Crippen molar-refractivity contribution >= 4 is 16.9 Å². The van der Waals surface area contributed by atoms with Gasteiger partial charge in [-0.15, -0.1) is 10.2 Å². The minimum Gasteiger partial charge on any atom is -0.472 e. The zero-order valence-corrected chi connectivity index (χ0v) is 18.1.